The van der Waals surface area contributed by atoms with E-state index >= 15 is 0 Å². The van der Waals surface area contributed by atoms with Crippen molar-refractivity contribution in [3.05, 3.63) is 0 Å². The van der Waals surface area contributed by atoms with Gasteiger partial charge in [-0.15, -0.1) is 0 Å². The minimum absolute atomic E-state index is 0.0512. The molecular formula is C11H21NO3. The quantitative estimate of drug-likeness (QED) is 0.720. The molecule has 1 rings (SSSR count). The lowest BCUT2D eigenvalue weighted by Crippen LogP contribution is -2.43. The van der Waals surface area contributed by atoms with Crippen LogP contribution in [0.25, 0.3) is 0 Å². The van der Waals surface area contributed by atoms with Crippen molar-refractivity contribution in [2.75, 3.05) is 13.1 Å². The number of aliphatic hydroxyl groups is 1. The zero-order valence-electron chi connectivity index (χ0n) is 9.35. The third kappa shape index (κ3) is 4.62. The summed E-state index contributed by atoms with van der Waals surface area (Å²) in [6.07, 6.45) is 5.30. The van der Waals surface area contributed by atoms with Gasteiger partial charge < -0.3 is 10.2 Å². The Bertz CT molecular complexity index is 200. The molecule has 0 saturated heterocycles. The van der Waals surface area contributed by atoms with Crippen LogP contribution in [0.5, 0.6) is 0 Å². The summed E-state index contributed by atoms with van der Waals surface area (Å²) in [6, 6.07) is 0.351. The molecule has 1 aliphatic rings. The second-order valence-electron chi connectivity index (χ2n) is 4.46. The normalized spacial score (nSPS) is 20.5. The summed E-state index contributed by atoms with van der Waals surface area (Å²) in [4.78, 5) is 12.6. The van der Waals surface area contributed by atoms with E-state index in [1.54, 1.807) is 6.92 Å². The molecule has 0 aromatic rings. The molecule has 0 aliphatic heterocycles. The monoisotopic (exact) mass is 215 g/mol. The molecule has 0 spiro atoms. The molecule has 0 aromatic carbocycles. The summed E-state index contributed by atoms with van der Waals surface area (Å²) < 4.78 is 0. The molecule has 1 unspecified atom stereocenters. The summed E-state index contributed by atoms with van der Waals surface area (Å²) >= 11 is 0. The number of carboxylic acids is 1. The minimum atomic E-state index is -0.804. The van der Waals surface area contributed by atoms with E-state index in [2.05, 4.69) is 0 Å². The fraction of sp³-hybridized carbons (Fsp3) is 0.909. The molecule has 88 valence electrons. The van der Waals surface area contributed by atoms with Crippen molar-refractivity contribution in [1.29, 1.82) is 0 Å². The second-order valence-corrected chi connectivity index (χ2v) is 4.46. The van der Waals surface area contributed by atoms with Crippen molar-refractivity contribution in [1.82, 2.24) is 4.90 Å². The maximum atomic E-state index is 10.7. The molecular weight excluding hydrogens is 194 g/mol. The van der Waals surface area contributed by atoms with Crippen molar-refractivity contribution < 1.29 is 15.0 Å². The van der Waals surface area contributed by atoms with Crippen LogP contribution in [-0.2, 0) is 4.79 Å². The van der Waals surface area contributed by atoms with Crippen LogP contribution in [0.4, 0.5) is 0 Å². The molecule has 4 heteroatoms. The van der Waals surface area contributed by atoms with E-state index in [-0.39, 0.29) is 6.54 Å². The topological polar surface area (TPSA) is 60.8 Å². The minimum Gasteiger partial charge on any atom is -0.480 e. The van der Waals surface area contributed by atoms with Gasteiger partial charge in [-0.2, -0.15) is 0 Å². The highest BCUT2D eigenvalue weighted by Gasteiger charge is 2.23. The predicted octanol–water partition coefficient (Wildman–Crippen LogP) is 1.09. The lowest BCUT2D eigenvalue weighted by Gasteiger charge is -2.33. The number of aliphatic carboxylic acids is 1. The summed E-state index contributed by atoms with van der Waals surface area (Å²) in [5, 5.41) is 18.1. The van der Waals surface area contributed by atoms with Crippen LogP contribution in [0.1, 0.15) is 39.0 Å². The van der Waals surface area contributed by atoms with E-state index in [0.29, 0.717) is 12.6 Å². The van der Waals surface area contributed by atoms with E-state index in [0.717, 1.165) is 12.8 Å². The molecule has 0 aromatic heterocycles. The first kappa shape index (κ1) is 12.5. The van der Waals surface area contributed by atoms with E-state index < -0.39 is 12.1 Å². The van der Waals surface area contributed by atoms with Gasteiger partial charge in [0.1, 0.15) is 0 Å². The Kier molecular flexibility index (Phi) is 5.05. The van der Waals surface area contributed by atoms with Gasteiger partial charge in [-0.25, -0.2) is 0 Å². The Morgan fingerprint density at radius 2 is 2.00 bits per heavy atom. The van der Waals surface area contributed by atoms with E-state index in [1.165, 1.54) is 19.3 Å². The molecule has 2 N–H and O–H groups in total. The molecule has 4 nitrogen and oxygen atoms in total. The van der Waals surface area contributed by atoms with Gasteiger partial charge in [-0.3, -0.25) is 9.69 Å². The molecule has 0 radical (unpaired) electrons. The highest BCUT2D eigenvalue weighted by Crippen LogP contribution is 2.22. The van der Waals surface area contributed by atoms with Gasteiger partial charge in [0.2, 0.25) is 0 Å². The molecule has 1 aliphatic carbocycles. The molecule has 1 atom stereocenters. The van der Waals surface area contributed by atoms with Crippen molar-refractivity contribution in [3.63, 3.8) is 0 Å². The molecule has 0 bridgehead atoms. The first-order valence-electron chi connectivity index (χ1n) is 5.73. The Hall–Kier alpha value is -0.610. The van der Waals surface area contributed by atoms with Gasteiger partial charge in [0.05, 0.1) is 12.6 Å². The lowest BCUT2D eigenvalue weighted by atomic mass is 9.94. The number of carboxylic acid groups (broad SMARTS) is 1. The average Bonchev–Trinajstić information content (AvgIpc) is 2.17. The fourth-order valence-corrected chi connectivity index (χ4v) is 2.30. The fourth-order valence-electron chi connectivity index (χ4n) is 2.30. The molecule has 0 amide bonds. The molecule has 1 fully saturated rings. The van der Waals surface area contributed by atoms with Crippen molar-refractivity contribution in [3.8, 4) is 0 Å². The van der Waals surface area contributed by atoms with Gasteiger partial charge in [0.15, 0.2) is 0 Å². The Balaban J connectivity index is 2.48. The Morgan fingerprint density at radius 3 is 2.47 bits per heavy atom. The van der Waals surface area contributed by atoms with E-state index in [4.69, 9.17) is 5.11 Å². The van der Waals surface area contributed by atoms with Gasteiger partial charge >= 0.3 is 5.97 Å². The van der Waals surface area contributed by atoms with Gasteiger partial charge in [0, 0.05) is 12.6 Å². The summed E-state index contributed by atoms with van der Waals surface area (Å²) in [7, 11) is 0. The third-order valence-electron chi connectivity index (χ3n) is 2.93. The van der Waals surface area contributed by atoms with Crippen LogP contribution >= 0.6 is 0 Å². The van der Waals surface area contributed by atoms with Crippen molar-refractivity contribution >= 4 is 5.97 Å². The Morgan fingerprint density at radius 1 is 1.40 bits per heavy atom. The van der Waals surface area contributed by atoms with E-state index in [9.17, 15) is 9.90 Å². The van der Waals surface area contributed by atoms with Crippen LogP contribution < -0.4 is 0 Å². The summed E-state index contributed by atoms with van der Waals surface area (Å²) in [6.45, 7) is 2.23. The number of aliphatic hydroxyl groups excluding tert-OH is 1. The van der Waals surface area contributed by atoms with Crippen LogP contribution in [-0.4, -0.2) is 46.3 Å². The second kappa shape index (κ2) is 6.08. The maximum Gasteiger partial charge on any atom is 0.317 e. The maximum absolute atomic E-state index is 10.7. The molecule has 15 heavy (non-hydrogen) atoms. The number of hydrogen-bond donors (Lipinski definition) is 2. The highest BCUT2D eigenvalue weighted by molar-refractivity contribution is 5.69. The Labute approximate surface area is 90.9 Å². The lowest BCUT2D eigenvalue weighted by molar-refractivity contribution is -0.139. The largest absolute Gasteiger partial charge is 0.480 e. The van der Waals surface area contributed by atoms with Crippen LogP contribution in [0.3, 0.4) is 0 Å². The molecule has 0 heterocycles. The van der Waals surface area contributed by atoms with Crippen LogP contribution in [0.2, 0.25) is 0 Å². The zero-order valence-corrected chi connectivity index (χ0v) is 9.35. The van der Waals surface area contributed by atoms with Crippen LogP contribution in [0.15, 0.2) is 0 Å². The average molecular weight is 215 g/mol. The molecule has 1 saturated carbocycles. The third-order valence-corrected chi connectivity index (χ3v) is 2.93. The van der Waals surface area contributed by atoms with Gasteiger partial charge in [-0.05, 0) is 19.8 Å². The van der Waals surface area contributed by atoms with Gasteiger partial charge in [-0.1, -0.05) is 19.3 Å². The number of nitrogens with zero attached hydrogens (tertiary/aromatic N) is 1. The SMILES string of the molecule is CC(O)CN(CC(=O)O)C1CCCCC1. The van der Waals surface area contributed by atoms with Gasteiger partial charge in [0.25, 0.3) is 0 Å². The van der Waals surface area contributed by atoms with E-state index in [1.807, 2.05) is 4.90 Å². The summed E-state index contributed by atoms with van der Waals surface area (Å²) in [5.74, 6) is -0.804. The number of carbonyl (C=O) groups is 1. The highest BCUT2D eigenvalue weighted by atomic mass is 16.4. The number of rotatable bonds is 5. The first-order chi connectivity index (χ1) is 7.09. The zero-order chi connectivity index (χ0) is 11.3. The number of hydrogen-bond acceptors (Lipinski definition) is 3. The first-order valence-corrected chi connectivity index (χ1v) is 5.73. The predicted molar refractivity (Wildman–Crippen MR) is 57.8 cm³/mol. The van der Waals surface area contributed by atoms with Crippen molar-refractivity contribution in [2.45, 2.75) is 51.2 Å². The van der Waals surface area contributed by atoms with Crippen LogP contribution in [0, 0.1) is 0 Å². The standard InChI is InChI=1S/C11H21NO3/c1-9(13)7-12(8-11(14)15)10-5-3-2-4-6-10/h9-10,13H,2-8H2,1H3,(H,14,15). The summed E-state index contributed by atoms with van der Waals surface area (Å²) in [5.41, 5.74) is 0. The smallest absolute Gasteiger partial charge is 0.317 e. The van der Waals surface area contributed by atoms with Crippen molar-refractivity contribution in [2.24, 2.45) is 0 Å².